The van der Waals surface area contributed by atoms with Crippen LogP contribution in [-0.4, -0.2) is 0 Å². The minimum absolute atomic E-state index is 0.0563. The largest absolute Gasteiger partial charge is 0.459 e. The third-order valence-corrected chi connectivity index (χ3v) is 15.5. The number of furan rings is 1. The second-order valence-corrected chi connectivity index (χ2v) is 18.9. The molecule has 1 heterocycles. The van der Waals surface area contributed by atoms with Crippen LogP contribution in [0.2, 0.25) is 0 Å². The highest BCUT2D eigenvalue weighted by Crippen LogP contribution is 2.64. The van der Waals surface area contributed by atoms with Gasteiger partial charge in [-0.3, -0.25) is 0 Å². The maximum atomic E-state index is 7.15. The quantitative estimate of drug-likeness (QED) is 0.176. The molecule has 1 spiro atoms. The second kappa shape index (κ2) is 13.1. The molecule has 8 aromatic carbocycles. The van der Waals surface area contributed by atoms with Crippen LogP contribution in [0.1, 0.15) is 83.7 Å². The Bertz CT molecular complexity index is 3520. The molecule has 1 unspecified atom stereocenters. The van der Waals surface area contributed by atoms with Crippen LogP contribution in [0.25, 0.3) is 61.2 Å². The molecule has 304 valence electrons. The van der Waals surface area contributed by atoms with E-state index in [0.29, 0.717) is 0 Å². The lowest BCUT2D eigenvalue weighted by Crippen LogP contribution is -2.28. The van der Waals surface area contributed by atoms with Crippen LogP contribution in [0.5, 0.6) is 0 Å². The number of benzene rings is 8. The first-order valence-corrected chi connectivity index (χ1v) is 23.0. The van der Waals surface area contributed by atoms with Gasteiger partial charge in [0, 0.05) is 39.1 Å². The Morgan fingerprint density at radius 1 is 0.531 bits per heavy atom. The molecule has 2 heteroatoms. The third-order valence-electron chi connectivity index (χ3n) is 15.5. The van der Waals surface area contributed by atoms with E-state index in [2.05, 4.69) is 213 Å². The maximum absolute atomic E-state index is 7.15. The molecule has 0 saturated heterocycles. The highest BCUT2D eigenvalue weighted by molar-refractivity contribution is 6.08. The topological polar surface area (TPSA) is 16.4 Å². The standard InChI is InChI=1S/C62H45NO/c1-61(2)51-27-10-5-22-44(51)47-24-16-32-57(58(47)61)63(56-31-14-9-23-46(56)48-25-15-26-49-50-35-33-38-17-3-4-18-40(38)59(50)64-60(48)49)39-34-36-45-43-21-8-13-30-54(43)62(55(45)37-39)52-28-11-6-19-41(52)42-20-7-12-29-53(42)62/h3-13,15-24,26-30,32-37,48H,14,25,31H2,1-2H3. The number of allylic oxidation sites excluding steroid dienone is 5. The van der Waals surface area contributed by atoms with Gasteiger partial charge < -0.3 is 9.32 Å². The van der Waals surface area contributed by atoms with E-state index in [1.54, 1.807) is 0 Å². The number of rotatable bonds is 4. The van der Waals surface area contributed by atoms with Gasteiger partial charge >= 0.3 is 0 Å². The Balaban J connectivity index is 1.05. The van der Waals surface area contributed by atoms with Crippen LogP contribution in [0.3, 0.4) is 0 Å². The molecule has 9 aromatic rings. The van der Waals surface area contributed by atoms with E-state index >= 15 is 0 Å². The van der Waals surface area contributed by atoms with Crippen LogP contribution in [-0.2, 0) is 10.8 Å². The van der Waals surface area contributed by atoms with Crippen LogP contribution < -0.4 is 4.90 Å². The van der Waals surface area contributed by atoms with Crippen molar-refractivity contribution >= 4 is 39.2 Å². The molecule has 0 fully saturated rings. The van der Waals surface area contributed by atoms with Gasteiger partial charge in [-0.1, -0.05) is 184 Å². The van der Waals surface area contributed by atoms with E-state index in [-0.39, 0.29) is 11.3 Å². The van der Waals surface area contributed by atoms with E-state index < -0.39 is 5.41 Å². The fourth-order valence-electron chi connectivity index (χ4n) is 12.9. The normalized spacial score (nSPS) is 17.6. The Morgan fingerprint density at radius 3 is 1.89 bits per heavy atom. The average molecular weight is 820 g/mol. The van der Waals surface area contributed by atoms with Crippen LogP contribution in [0, 0.1) is 0 Å². The van der Waals surface area contributed by atoms with Crippen LogP contribution in [0.15, 0.2) is 204 Å². The Hall–Kier alpha value is -7.42. The van der Waals surface area contributed by atoms with E-state index in [9.17, 15) is 0 Å². The second-order valence-electron chi connectivity index (χ2n) is 18.9. The van der Waals surface area contributed by atoms with Crippen molar-refractivity contribution in [2.75, 3.05) is 4.90 Å². The molecule has 2 nitrogen and oxygen atoms in total. The lowest BCUT2D eigenvalue weighted by atomic mass is 9.70. The summed E-state index contributed by atoms with van der Waals surface area (Å²) < 4.78 is 7.15. The van der Waals surface area contributed by atoms with E-state index in [1.807, 2.05) is 0 Å². The van der Waals surface area contributed by atoms with Gasteiger partial charge in [0.25, 0.3) is 0 Å². The summed E-state index contributed by atoms with van der Waals surface area (Å²) in [5.74, 6) is 1.13. The molecule has 0 amide bonds. The molecule has 0 radical (unpaired) electrons. The summed E-state index contributed by atoms with van der Waals surface area (Å²) in [4.78, 5) is 2.69. The van der Waals surface area contributed by atoms with Crippen molar-refractivity contribution in [1.82, 2.24) is 0 Å². The predicted octanol–water partition coefficient (Wildman–Crippen LogP) is 16.2. The molecule has 0 aliphatic heterocycles. The van der Waals surface area contributed by atoms with Crippen molar-refractivity contribution in [1.29, 1.82) is 0 Å². The molecule has 0 saturated carbocycles. The lowest BCUT2D eigenvalue weighted by Gasteiger charge is -2.38. The third kappa shape index (κ3) is 4.60. The zero-order chi connectivity index (χ0) is 42.3. The number of anilines is 2. The number of nitrogens with zero attached hydrogens (tertiary/aromatic N) is 1. The van der Waals surface area contributed by atoms with Crippen molar-refractivity contribution in [2.24, 2.45) is 0 Å². The molecule has 0 bridgehead atoms. The van der Waals surface area contributed by atoms with Gasteiger partial charge in [-0.15, -0.1) is 0 Å². The molecule has 5 aliphatic carbocycles. The first kappa shape index (κ1) is 36.1. The van der Waals surface area contributed by atoms with Crippen LogP contribution >= 0.6 is 0 Å². The molecule has 1 atom stereocenters. The Kier molecular flexibility index (Phi) is 7.37. The van der Waals surface area contributed by atoms with Gasteiger partial charge in [0.15, 0.2) is 0 Å². The molecule has 5 aliphatic rings. The average Bonchev–Trinajstić information content (AvgIpc) is 4.04. The smallest absolute Gasteiger partial charge is 0.142 e. The lowest BCUT2D eigenvalue weighted by molar-refractivity contribution is 0.515. The molecule has 0 N–H and O–H groups in total. The zero-order valence-corrected chi connectivity index (χ0v) is 36.0. The number of hydrogen-bond donors (Lipinski definition) is 0. The van der Waals surface area contributed by atoms with Gasteiger partial charge in [0.2, 0.25) is 0 Å². The van der Waals surface area contributed by atoms with Crippen LogP contribution in [0.4, 0.5) is 11.4 Å². The minimum atomic E-state index is -0.446. The predicted molar refractivity (Wildman–Crippen MR) is 264 cm³/mol. The minimum Gasteiger partial charge on any atom is -0.459 e. The summed E-state index contributed by atoms with van der Waals surface area (Å²) in [6.45, 7) is 4.85. The maximum Gasteiger partial charge on any atom is 0.142 e. The summed E-state index contributed by atoms with van der Waals surface area (Å²) in [7, 11) is 0. The SMILES string of the molecule is CC1(C)c2ccccc2-c2cccc(N(C3=C(C4CC=Cc5c4oc4c5ccc5ccccc54)C=CCC3)c3ccc4c(c3)C3(c5ccccc5-c5ccccc53)c3ccccc3-4)c21. The van der Waals surface area contributed by atoms with E-state index in [0.717, 1.165) is 30.6 Å². The first-order valence-electron chi connectivity index (χ1n) is 23.0. The summed E-state index contributed by atoms with van der Waals surface area (Å²) in [6.07, 6.45) is 12.3. The van der Waals surface area contributed by atoms with E-state index in [1.165, 1.54) is 111 Å². The van der Waals surface area contributed by atoms with Gasteiger partial charge in [-0.25, -0.2) is 0 Å². The van der Waals surface area contributed by atoms with Crippen molar-refractivity contribution < 1.29 is 4.42 Å². The molecule has 14 rings (SSSR count). The fraction of sp³-hybridized carbons (Fsp3) is 0.129. The summed E-state index contributed by atoms with van der Waals surface area (Å²) in [5.41, 5.74) is 22.8. The van der Waals surface area contributed by atoms with Crippen molar-refractivity contribution in [3.8, 4) is 33.4 Å². The van der Waals surface area contributed by atoms with Gasteiger partial charge in [0.05, 0.1) is 11.1 Å². The van der Waals surface area contributed by atoms with Crippen molar-refractivity contribution in [3.63, 3.8) is 0 Å². The zero-order valence-electron chi connectivity index (χ0n) is 36.0. The number of hydrogen-bond acceptors (Lipinski definition) is 2. The van der Waals surface area contributed by atoms with Crippen molar-refractivity contribution in [2.45, 2.75) is 49.9 Å². The molecular formula is C62H45NO. The Morgan fingerprint density at radius 2 is 1.16 bits per heavy atom. The molecule has 1 aromatic heterocycles. The summed E-state index contributed by atoms with van der Waals surface area (Å²) in [6, 6.07) is 64.1. The van der Waals surface area contributed by atoms with Gasteiger partial charge in [0.1, 0.15) is 11.3 Å². The molecular weight excluding hydrogens is 775 g/mol. The monoisotopic (exact) mass is 819 g/mol. The van der Waals surface area contributed by atoms with E-state index in [4.69, 9.17) is 4.42 Å². The first-order chi connectivity index (χ1) is 31.5. The summed E-state index contributed by atoms with van der Waals surface area (Å²) >= 11 is 0. The highest BCUT2D eigenvalue weighted by Gasteiger charge is 2.52. The Labute approximate surface area is 374 Å². The number of fused-ring (bicyclic) bond motifs is 18. The van der Waals surface area contributed by atoms with Gasteiger partial charge in [-0.2, -0.15) is 0 Å². The highest BCUT2D eigenvalue weighted by atomic mass is 16.3. The fourth-order valence-corrected chi connectivity index (χ4v) is 12.9. The van der Waals surface area contributed by atoms with Crippen molar-refractivity contribution in [3.05, 3.63) is 244 Å². The molecule has 64 heavy (non-hydrogen) atoms. The van der Waals surface area contributed by atoms with Gasteiger partial charge in [-0.05, 0) is 121 Å². The summed E-state index contributed by atoms with van der Waals surface area (Å²) in [5, 5.41) is 3.56.